The van der Waals surface area contributed by atoms with Gasteiger partial charge in [0.2, 0.25) is 16.0 Å². The Kier molecular flexibility index (Phi) is 4.65. The second-order valence-corrected chi connectivity index (χ2v) is 6.70. The molecule has 2 rings (SSSR count). The van der Waals surface area contributed by atoms with Crippen LogP contribution in [0.3, 0.4) is 0 Å². The van der Waals surface area contributed by atoms with Crippen LogP contribution in [0.1, 0.15) is 15.9 Å². The monoisotopic (exact) mass is 338 g/mol. The van der Waals surface area contributed by atoms with Gasteiger partial charge in [0, 0.05) is 28.5 Å². The SMILES string of the molecule is COc1cc(C(=O)NS(C)(=O)=O)ccc1-c1cnc(F)c(C)c1. The summed E-state index contributed by atoms with van der Waals surface area (Å²) in [5, 5.41) is 0. The van der Waals surface area contributed by atoms with E-state index in [9.17, 15) is 17.6 Å². The maximum absolute atomic E-state index is 13.3. The number of benzene rings is 1. The van der Waals surface area contributed by atoms with Gasteiger partial charge in [0.05, 0.1) is 13.4 Å². The lowest BCUT2D eigenvalue weighted by atomic mass is 10.0. The Bertz CT molecular complexity index is 866. The van der Waals surface area contributed by atoms with Crippen LogP contribution < -0.4 is 9.46 Å². The van der Waals surface area contributed by atoms with E-state index in [1.54, 1.807) is 19.1 Å². The Labute approximate surface area is 133 Å². The molecular formula is C15H15FN2O4S. The van der Waals surface area contributed by atoms with Gasteiger partial charge in [0.25, 0.3) is 5.91 Å². The van der Waals surface area contributed by atoms with Gasteiger partial charge in [-0.05, 0) is 31.2 Å². The van der Waals surface area contributed by atoms with E-state index in [-0.39, 0.29) is 5.56 Å². The fourth-order valence-electron chi connectivity index (χ4n) is 2.00. The Morgan fingerprint density at radius 3 is 2.57 bits per heavy atom. The highest BCUT2D eigenvalue weighted by Gasteiger charge is 2.15. The predicted molar refractivity (Wildman–Crippen MR) is 83.2 cm³/mol. The first-order valence-electron chi connectivity index (χ1n) is 6.54. The van der Waals surface area contributed by atoms with Crippen molar-refractivity contribution in [2.75, 3.05) is 13.4 Å². The van der Waals surface area contributed by atoms with Crippen molar-refractivity contribution in [2.24, 2.45) is 0 Å². The third-order valence-electron chi connectivity index (χ3n) is 3.07. The molecule has 122 valence electrons. The van der Waals surface area contributed by atoms with E-state index in [2.05, 4.69) is 4.98 Å². The molecule has 2 aromatic rings. The summed E-state index contributed by atoms with van der Waals surface area (Å²) < 4.78 is 42.6. The third kappa shape index (κ3) is 4.04. The van der Waals surface area contributed by atoms with Gasteiger partial charge >= 0.3 is 0 Å². The summed E-state index contributed by atoms with van der Waals surface area (Å²) in [6, 6.07) is 6.06. The largest absolute Gasteiger partial charge is 0.496 e. The predicted octanol–water partition coefficient (Wildman–Crippen LogP) is 1.89. The minimum atomic E-state index is -3.66. The average Bonchev–Trinajstić information content (AvgIpc) is 2.47. The first-order chi connectivity index (χ1) is 10.7. The second-order valence-electron chi connectivity index (χ2n) is 4.95. The molecule has 8 heteroatoms. The van der Waals surface area contributed by atoms with Gasteiger partial charge in [0.1, 0.15) is 5.75 Å². The van der Waals surface area contributed by atoms with Crippen LogP contribution in [0.4, 0.5) is 4.39 Å². The number of sulfonamides is 1. The molecule has 6 nitrogen and oxygen atoms in total. The number of pyridine rings is 1. The standard InChI is InChI=1S/C15H15FN2O4S/c1-9-6-11(8-17-14(9)16)12-5-4-10(7-13(12)22-2)15(19)18-23(3,20)21/h4-8H,1-3H3,(H,18,19). The molecule has 1 aromatic carbocycles. The van der Waals surface area contributed by atoms with E-state index in [0.29, 0.717) is 22.4 Å². The molecule has 0 spiro atoms. The molecule has 1 heterocycles. The third-order valence-corrected chi connectivity index (χ3v) is 3.62. The molecule has 1 amide bonds. The smallest absolute Gasteiger partial charge is 0.264 e. The van der Waals surface area contributed by atoms with Crippen LogP contribution in [0.5, 0.6) is 5.75 Å². The summed E-state index contributed by atoms with van der Waals surface area (Å²) in [4.78, 5) is 15.5. The van der Waals surface area contributed by atoms with Crippen LogP contribution in [0.2, 0.25) is 0 Å². The molecule has 0 aliphatic heterocycles. The second kappa shape index (κ2) is 6.33. The lowest BCUT2D eigenvalue weighted by Gasteiger charge is -2.11. The van der Waals surface area contributed by atoms with Gasteiger partial charge in [-0.25, -0.2) is 18.1 Å². The average molecular weight is 338 g/mol. The molecule has 0 saturated heterocycles. The highest BCUT2D eigenvalue weighted by atomic mass is 32.2. The van der Waals surface area contributed by atoms with E-state index in [0.717, 1.165) is 6.26 Å². The van der Waals surface area contributed by atoms with Crippen LogP contribution in [0.15, 0.2) is 30.5 Å². The summed E-state index contributed by atoms with van der Waals surface area (Å²) in [7, 11) is -2.24. The fraction of sp³-hybridized carbons (Fsp3) is 0.200. The van der Waals surface area contributed by atoms with Gasteiger partial charge in [-0.15, -0.1) is 0 Å². The number of amides is 1. The summed E-state index contributed by atoms with van der Waals surface area (Å²) in [5.74, 6) is -0.971. The maximum Gasteiger partial charge on any atom is 0.264 e. The number of carbonyl (C=O) groups excluding carboxylic acids is 1. The molecular weight excluding hydrogens is 323 g/mol. The molecule has 0 saturated carbocycles. The van der Waals surface area contributed by atoms with Gasteiger partial charge in [-0.2, -0.15) is 4.39 Å². The van der Waals surface area contributed by atoms with Crippen LogP contribution in [-0.4, -0.2) is 32.7 Å². The minimum Gasteiger partial charge on any atom is -0.496 e. The molecule has 1 aromatic heterocycles. The van der Waals surface area contributed by atoms with Gasteiger partial charge < -0.3 is 4.74 Å². The van der Waals surface area contributed by atoms with Crippen LogP contribution >= 0.6 is 0 Å². The number of aromatic nitrogens is 1. The summed E-state index contributed by atoms with van der Waals surface area (Å²) in [6.45, 7) is 1.59. The summed E-state index contributed by atoms with van der Waals surface area (Å²) >= 11 is 0. The number of nitrogens with one attached hydrogen (secondary N) is 1. The van der Waals surface area contributed by atoms with Crippen molar-refractivity contribution in [1.82, 2.24) is 9.71 Å². The highest BCUT2D eigenvalue weighted by Crippen LogP contribution is 2.31. The van der Waals surface area contributed by atoms with Crippen molar-refractivity contribution in [3.63, 3.8) is 0 Å². The van der Waals surface area contributed by atoms with Gasteiger partial charge in [-0.1, -0.05) is 0 Å². The zero-order valence-corrected chi connectivity index (χ0v) is 13.6. The Hall–Kier alpha value is -2.48. The number of carbonyl (C=O) groups is 1. The summed E-state index contributed by atoms with van der Waals surface area (Å²) in [5.41, 5.74) is 1.74. The summed E-state index contributed by atoms with van der Waals surface area (Å²) in [6.07, 6.45) is 2.25. The van der Waals surface area contributed by atoms with Gasteiger partial charge in [-0.3, -0.25) is 4.79 Å². The molecule has 0 unspecified atom stereocenters. The Morgan fingerprint density at radius 2 is 2.00 bits per heavy atom. The Balaban J connectivity index is 2.44. The van der Waals surface area contributed by atoms with Crippen molar-refractivity contribution in [2.45, 2.75) is 6.92 Å². The van der Waals surface area contributed by atoms with Crippen molar-refractivity contribution >= 4 is 15.9 Å². The van der Waals surface area contributed by atoms with Crippen LogP contribution in [0, 0.1) is 12.9 Å². The molecule has 0 radical (unpaired) electrons. The number of halogens is 1. The zero-order valence-electron chi connectivity index (χ0n) is 12.8. The number of methoxy groups -OCH3 is 1. The molecule has 23 heavy (non-hydrogen) atoms. The lowest BCUT2D eigenvalue weighted by Crippen LogP contribution is -2.29. The number of rotatable bonds is 4. The van der Waals surface area contributed by atoms with E-state index in [4.69, 9.17) is 4.74 Å². The van der Waals surface area contributed by atoms with E-state index < -0.39 is 21.9 Å². The number of nitrogens with zero attached hydrogens (tertiary/aromatic N) is 1. The minimum absolute atomic E-state index is 0.128. The molecule has 0 fully saturated rings. The topological polar surface area (TPSA) is 85.4 Å². The van der Waals surface area contributed by atoms with E-state index >= 15 is 0 Å². The number of hydrogen-bond acceptors (Lipinski definition) is 5. The highest BCUT2D eigenvalue weighted by molar-refractivity contribution is 7.89. The zero-order chi connectivity index (χ0) is 17.2. The molecule has 0 aliphatic rings. The van der Waals surface area contributed by atoms with Crippen molar-refractivity contribution in [3.8, 4) is 16.9 Å². The molecule has 0 atom stereocenters. The van der Waals surface area contributed by atoms with E-state index in [1.165, 1.54) is 25.4 Å². The number of hydrogen-bond donors (Lipinski definition) is 1. The van der Waals surface area contributed by atoms with Crippen molar-refractivity contribution < 1.29 is 22.3 Å². The first-order valence-corrected chi connectivity index (χ1v) is 8.43. The number of ether oxygens (including phenoxy) is 1. The maximum atomic E-state index is 13.3. The van der Waals surface area contributed by atoms with Crippen LogP contribution in [-0.2, 0) is 10.0 Å². The Morgan fingerprint density at radius 1 is 1.30 bits per heavy atom. The quantitative estimate of drug-likeness (QED) is 0.861. The molecule has 0 aliphatic carbocycles. The lowest BCUT2D eigenvalue weighted by molar-refractivity contribution is 0.0981. The van der Waals surface area contributed by atoms with E-state index in [1.807, 2.05) is 4.72 Å². The van der Waals surface area contributed by atoms with Crippen molar-refractivity contribution in [3.05, 3.63) is 47.5 Å². The number of aryl methyl sites for hydroxylation is 1. The van der Waals surface area contributed by atoms with Gasteiger partial charge in [0.15, 0.2) is 0 Å². The molecule has 0 bridgehead atoms. The van der Waals surface area contributed by atoms with Crippen molar-refractivity contribution in [1.29, 1.82) is 0 Å². The normalized spacial score (nSPS) is 11.1. The first kappa shape index (κ1) is 16.9. The molecule has 1 N–H and O–H groups in total. The fourth-order valence-corrected chi connectivity index (χ4v) is 2.46. The van der Waals surface area contributed by atoms with Crippen LogP contribution in [0.25, 0.3) is 11.1 Å².